The second kappa shape index (κ2) is 4.79. The van der Waals surface area contributed by atoms with Gasteiger partial charge in [-0.05, 0) is 18.2 Å². The highest BCUT2D eigenvalue weighted by atomic mass is 35.5. The summed E-state index contributed by atoms with van der Waals surface area (Å²) >= 11 is 5.85. The minimum absolute atomic E-state index is 0.00483. The van der Waals surface area contributed by atoms with Gasteiger partial charge in [0.05, 0.1) is 5.39 Å². The van der Waals surface area contributed by atoms with Gasteiger partial charge in [-0.1, -0.05) is 25.4 Å². The van der Waals surface area contributed by atoms with E-state index in [1.54, 1.807) is 12.1 Å². The van der Waals surface area contributed by atoms with Gasteiger partial charge in [-0.3, -0.25) is 9.59 Å². The molecule has 1 aromatic heterocycles. The summed E-state index contributed by atoms with van der Waals surface area (Å²) in [4.78, 5) is 23.5. The number of carbonyl (C=O) groups excluding carboxylic acids is 1. The van der Waals surface area contributed by atoms with Crippen molar-refractivity contribution >= 4 is 28.9 Å². The maximum absolute atomic E-state index is 12.3. The first-order chi connectivity index (χ1) is 8.90. The number of rotatable bonds is 3. The van der Waals surface area contributed by atoms with Crippen molar-refractivity contribution in [3.63, 3.8) is 0 Å². The molecule has 0 unspecified atom stereocenters. The van der Waals surface area contributed by atoms with Crippen LogP contribution in [0.4, 0.5) is 0 Å². The van der Waals surface area contributed by atoms with Crippen LogP contribution in [0.2, 0.25) is 5.02 Å². The molecule has 0 radical (unpaired) electrons. The number of halogens is 1. The lowest BCUT2D eigenvalue weighted by molar-refractivity contribution is 0.111. The van der Waals surface area contributed by atoms with Crippen LogP contribution < -0.4 is 11.2 Å². The second-order valence-corrected chi connectivity index (χ2v) is 5.46. The fraction of sp³-hybridized carbons (Fsp3) is 0.286. The molecule has 0 aliphatic carbocycles. The van der Waals surface area contributed by atoms with E-state index in [1.165, 1.54) is 6.07 Å². The highest BCUT2D eigenvalue weighted by molar-refractivity contribution is 6.31. The van der Waals surface area contributed by atoms with Gasteiger partial charge in [0.15, 0.2) is 6.29 Å². The summed E-state index contributed by atoms with van der Waals surface area (Å²) in [5, 5.41) is 0.716. The molecule has 0 aliphatic rings. The highest BCUT2D eigenvalue weighted by Gasteiger charge is 2.28. The van der Waals surface area contributed by atoms with Gasteiger partial charge in [0.25, 0.3) is 0 Å². The van der Waals surface area contributed by atoms with E-state index in [4.69, 9.17) is 21.8 Å². The van der Waals surface area contributed by atoms with Gasteiger partial charge in [0.2, 0.25) is 5.43 Å². The molecule has 100 valence electrons. The molecule has 0 spiro atoms. The maximum atomic E-state index is 12.3. The van der Waals surface area contributed by atoms with Crippen molar-refractivity contribution in [3.8, 4) is 0 Å². The predicted molar refractivity (Wildman–Crippen MR) is 75.0 cm³/mol. The van der Waals surface area contributed by atoms with Gasteiger partial charge in [-0.15, -0.1) is 0 Å². The molecule has 0 saturated heterocycles. The van der Waals surface area contributed by atoms with E-state index in [2.05, 4.69) is 0 Å². The number of benzene rings is 1. The largest absolute Gasteiger partial charge is 0.459 e. The number of carbonyl (C=O) groups is 1. The summed E-state index contributed by atoms with van der Waals surface area (Å²) in [7, 11) is 0. The fourth-order valence-corrected chi connectivity index (χ4v) is 2.06. The van der Waals surface area contributed by atoms with Gasteiger partial charge in [-0.2, -0.15) is 0 Å². The molecule has 2 aromatic rings. The molecule has 5 heteroatoms. The third-order valence-corrected chi connectivity index (χ3v) is 3.37. The number of nitrogens with two attached hydrogens (primary N) is 1. The van der Waals surface area contributed by atoms with Crippen LogP contribution in [0.3, 0.4) is 0 Å². The summed E-state index contributed by atoms with van der Waals surface area (Å²) < 4.78 is 5.71. The molecule has 0 bridgehead atoms. The number of aldehydes is 1. The van der Waals surface area contributed by atoms with E-state index in [0.717, 1.165) is 0 Å². The summed E-state index contributed by atoms with van der Waals surface area (Å²) in [6.07, 6.45) is 0.513. The monoisotopic (exact) mass is 279 g/mol. The van der Waals surface area contributed by atoms with Crippen LogP contribution in [0, 0.1) is 0 Å². The minimum Gasteiger partial charge on any atom is -0.459 e. The Bertz CT molecular complexity index is 704. The van der Waals surface area contributed by atoms with Crippen molar-refractivity contribution in [1.29, 1.82) is 0 Å². The van der Waals surface area contributed by atoms with Crippen LogP contribution in [0.1, 0.15) is 30.0 Å². The molecule has 0 aliphatic heterocycles. The molecule has 19 heavy (non-hydrogen) atoms. The highest BCUT2D eigenvalue weighted by Crippen LogP contribution is 2.27. The summed E-state index contributed by atoms with van der Waals surface area (Å²) in [6.45, 7) is 3.90. The second-order valence-electron chi connectivity index (χ2n) is 5.02. The molecule has 0 amide bonds. The number of hydrogen-bond donors (Lipinski definition) is 1. The van der Waals surface area contributed by atoms with Crippen molar-refractivity contribution in [2.75, 3.05) is 6.54 Å². The van der Waals surface area contributed by atoms with E-state index in [1.807, 2.05) is 13.8 Å². The van der Waals surface area contributed by atoms with Crippen molar-refractivity contribution in [2.45, 2.75) is 19.3 Å². The normalized spacial score (nSPS) is 11.8. The summed E-state index contributed by atoms with van der Waals surface area (Å²) in [5.74, 6) is 0.310. The van der Waals surface area contributed by atoms with E-state index < -0.39 is 5.41 Å². The number of fused-ring (bicyclic) bond motifs is 1. The molecular weight excluding hydrogens is 266 g/mol. The first kappa shape index (κ1) is 13.8. The first-order valence-corrected chi connectivity index (χ1v) is 6.20. The Hall–Kier alpha value is -1.65. The van der Waals surface area contributed by atoms with E-state index >= 15 is 0 Å². The zero-order valence-corrected chi connectivity index (χ0v) is 11.5. The summed E-state index contributed by atoms with van der Waals surface area (Å²) in [5.41, 5.74) is 5.11. The maximum Gasteiger partial charge on any atom is 0.203 e. The predicted octanol–water partition coefficient (Wildman–Crippen LogP) is 2.50. The van der Waals surface area contributed by atoms with E-state index in [9.17, 15) is 9.59 Å². The Morgan fingerprint density at radius 3 is 2.68 bits per heavy atom. The minimum atomic E-state index is -0.594. The standard InChI is InChI=1S/C14H14ClNO3/c1-14(2,7-16)13-10(6-17)12(18)9-5-8(15)3-4-11(9)19-13/h3-6H,7,16H2,1-2H3. The average molecular weight is 280 g/mol. The zero-order valence-electron chi connectivity index (χ0n) is 10.7. The Morgan fingerprint density at radius 2 is 2.11 bits per heavy atom. The molecule has 1 heterocycles. The van der Waals surface area contributed by atoms with Crippen molar-refractivity contribution < 1.29 is 9.21 Å². The van der Waals surface area contributed by atoms with Crippen molar-refractivity contribution in [2.24, 2.45) is 5.73 Å². The smallest absolute Gasteiger partial charge is 0.203 e. The quantitative estimate of drug-likeness (QED) is 0.876. The van der Waals surface area contributed by atoms with Crippen molar-refractivity contribution in [3.05, 3.63) is 44.8 Å². The molecule has 0 fully saturated rings. The van der Waals surface area contributed by atoms with Crippen LogP contribution in [-0.4, -0.2) is 12.8 Å². The third-order valence-electron chi connectivity index (χ3n) is 3.13. The molecule has 2 rings (SSSR count). The van der Waals surface area contributed by atoms with Gasteiger partial charge in [0.1, 0.15) is 16.9 Å². The Kier molecular flexibility index (Phi) is 3.47. The van der Waals surface area contributed by atoms with Crippen LogP contribution in [-0.2, 0) is 5.41 Å². The van der Waals surface area contributed by atoms with Crippen molar-refractivity contribution in [1.82, 2.24) is 0 Å². The summed E-state index contributed by atoms with van der Waals surface area (Å²) in [6, 6.07) is 4.74. The SMILES string of the molecule is CC(C)(CN)c1oc2ccc(Cl)cc2c(=O)c1C=O. The number of hydrogen-bond acceptors (Lipinski definition) is 4. The van der Waals surface area contributed by atoms with E-state index in [0.29, 0.717) is 28.0 Å². The molecular formula is C14H14ClNO3. The van der Waals surface area contributed by atoms with Gasteiger partial charge in [-0.25, -0.2) is 0 Å². The topological polar surface area (TPSA) is 73.3 Å². The average Bonchev–Trinajstić information content (AvgIpc) is 2.39. The third kappa shape index (κ3) is 2.29. The molecule has 0 saturated carbocycles. The van der Waals surface area contributed by atoms with Gasteiger partial charge >= 0.3 is 0 Å². The van der Waals surface area contributed by atoms with Gasteiger partial charge < -0.3 is 10.2 Å². The van der Waals surface area contributed by atoms with Crippen LogP contribution >= 0.6 is 11.6 Å². The fourth-order valence-electron chi connectivity index (χ4n) is 1.88. The van der Waals surface area contributed by atoms with Gasteiger partial charge in [0, 0.05) is 17.0 Å². The van der Waals surface area contributed by atoms with E-state index in [-0.39, 0.29) is 17.5 Å². The lowest BCUT2D eigenvalue weighted by Gasteiger charge is -2.22. The Balaban J connectivity index is 2.91. The Labute approximate surface area is 115 Å². The van der Waals surface area contributed by atoms with Crippen LogP contribution in [0.5, 0.6) is 0 Å². The molecule has 2 N–H and O–H groups in total. The lowest BCUT2D eigenvalue weighted by atomic mass is 9.87. The van der Waals surface area contributed by atoms with Crippen LogP contribution in [0.15, 0.2) is 27.4 Å². The zero-order chi connectivity index (χ0) is 14.2. The first-order valence-electron chi connectivity index (χ1n) is 5.83. The molecule has 0 atom stereocenters. The van der Waals surface area contributed by atoms with Crippen LogP contribution in [0.25, 0.3) is 11.0 Å². The Morgan fingerprint density at radius 1 is 1.42 bits per heavy atom. The lowest BCUT2D eigenvalue weighted by Crippen LogP contribution is -2.31. The molecule has 1 aromatic carbocycles. The molecule has 4 nitrogen and oxygen atoms in total.